The molecule has 0 atom stereocenters. The van der Waals surface area contributed by atoms with E-state index in [-0.39, 0.29) is 0 Å². The van der Waals surface area contributed by atoms with E-state index in [1.807, 2.05) is 0 Å². The summed E-state index contributed by atoms with van der Waals surface area (Å²) in [5.74, 6) is -1.91. The molecule has 2 rings (SSSR count). The largest absolute Gasteiger partial charge is 0.493 e. The van der Waals surface area contributed by atoms with Gasteiger partial charge in [-0.15, -0.1) is 0 Å². The monoisotopic (exact) mass is 356 g/mol. The Morgan fingerprint density at radius 2 is 1.76 bits per heavy atom. The van der Waals surface area contributed by atoms with E-state index in [9.17, 15) is 13.6 Å². The second-order valence-electron chi connectivity index (χ2n) is 4.08. The number of halogens is 3. The molecule has 0 saturated carbocycles. The fourth-order valence-electron chi connectivity index (χ4n) is 1.76. The fourth-order valence-corrected chi connectivity index (χ4v) is 2.23. The molecule has 0 heterocycles. The zero-order valence-corrected chi connectivity index (χ0v) is 12.6. The summed E-state index contributed by atoms with van der Waals surface area (Å²) in [6.45, 7) is -0.503. The summed E-state index contributed by atoms with van der Waals surface area (Å²) < 4.78 is 38.0. The highest BCUT2D eigenvalue weighted by Gasteiger charge is 2.19. The number of ketones is 1. The van der Waals surface area contributed by atoms with Crippen molar-refractivity contribution in [3.05, 3.63) is 58.1 Å². The zero-order valence-electron chi connectivity index (χ0n) is 11.0. The van der Waals surface area contributed by atoms with Crippen molar-refractivity contribution in [3.8, 4) is 11.5 Å². The lowest BCUT2D eigenvalue weighted by molar-refractivity contribution is 0.0910. The number of hydrogen-bond donors (Lipinski definition) is 0. The lowest BCUT2D eigenvalue weighted by Gasteiger charge is -2.12. The first-order chi connectivity index (χ1) is 10.0. The fraction of sp³-hybridized carbons (Fsp3) is 0.133. The summed E-state index contributed by atoms with van der Waals surface area (Å²) in [5.41, 5.74) is -0.608. The van der Waals surface area contributed by atoms with Crippen molar-refractivity contribution < 1.29 is 23.0 Å². The van der Waals surface area contributed by atoms with Crippen LogP contribution in [0.15, 0.2) is 40.9 Å². The topological polar surface area (TPSA) is 35.5 Å². The summed E-state index contributed by atoms with van der Waals surface area (Å²) in [6.07, 6.45) is 0. The Balaban J connectivity index is 2.19. The van der Waals surface area contributed by atoms with Crippen LogP contribution in [-0.4, -0.2) is 19.5 Å². The van der Waals surface area contributed by atoms with Crippen molar-refractivity contribution in [3.63, 3.8) is 0 Å². The van der Waals surface area contributed by atoms with E-state index >= 15 is 0 Å². The number of hydrogen-bond acceptors (Lipinski definition) is 3. The van der Waals surface area contributed by atoms with Gasteiger partial charge in [0.2, 0.25) is 5.78 Å². The Bertz CT molecular complexity index is 654. The molecule has 0 fully saturated rings. The highest BCUT2D eigenvalue weighted by Crippen LogP contribution is 2.34. The van der Waals surface area contributed by atoms with Crippen LogP contribution < -0.4 is 9.47 Å². The van der Waals surface area contributed by atoms with Gasteiger partial charge in [0.05, 0.1) is 17.1 Å². The number of benzene rings is 2. The number of para-hydroxylation sites is 1. The molecule has 0 aliphatic carbocycles. The molecule has 0 bridgehead atoms. The van der Waals surface area contributed by atoms with Gasteiger partial charge in [0.25, 0.3) is 0 Å². The normalized spacial score (nSPS) is 10.3. The molecule has 0 N–H and O–H groups in total. The number of Topliss-reactive ketones (excluding diaryl/α,β-unsaturated/α-hetero) is 1. The van der Waals surface area contributed by atoms with Crippen molar-refractivity contribution in [1.29, 1.82) is 0 Å². The van der Waals surface area contributed by atoms with Crippen LogP contribution in [0, 0.1) is 11.6 Å². The van der Waals surface area contributed by atoms with Gasteiger partial charge in [0.15, 0.2) is 18.1 Å². The molecule has 0 aliphatic rings. The van der Waals surface area contributed by atoms with Gasteiger partial charge >= 0.3 is 0 Å². The van der Waals surface area contributed by atoms with Gasteiger partial charge in [-0.3, -0.25) is 4.79 Å². The van der Waals surface area contributed by atoms with Crippen LogP contribution in [-0.2, 0) is 0 Å². The van der Waals surface area contributed by atoms with Gasteiger partial charge in [-0.05, 0) is 40.2 Å². The van der Waals surface area contributed by atoms with Crippen LogP contribution in [0.25, 0.3) is 0 Å². The quantitative estimate of drug-likeness (QED) is 0.759. The van der Waals surface area contributed by atoms with E-state index in [0.29, 0.717) is 16.0 Å². The third-order valence-corrected chi connectivity index (χ3v) is 3.36. The van der Waals surface area contributed by atoms with Gasteiger partial charge < -0.3 is 9.47 Å². The van der Waals surface area contributed by atoms with Crippen molar-refractivity contribution in [1.82, 2.24) is 0 Å². The average molecular weight is 357 g/mol. The number of ether oxygens (including phenoxy) is 2. The van der Waals surface area contributed by atoms with E-state index in [1.54, 1.807) is 18.2 Å². The summed E-state index contributed by atoms with van der Waals surface area (Å²) in [5, 5.41) is 0. The molecule has 0 saturated heterocycles. The van der Waals surface area contributed by atoms with Gasteiger partial charge in [-0.2, -0.15) is 0 Å². The first-order valence-electron chi connectivity index (χ1n) is 5.97. The number of rotatable bonds is 5. The Morgan fingerprint density at radius 3 is 2.38 bits per heavy atom. The minimum atomic E-state index is -0.914. The van der Waals surface area contributed by atoms with E-state index in [4.69, 9.17) is 9.47 Å². The molecule has 6 heteroatoms. The molecule has 21 heavy (non-hydrogen) atoms. The third-order valence-electron chi connectivity index (χ3n) is 2.74. The third kappa shape index (κ3) is 3.39. The van der Waals surface area contributed by atoms with Gasteiger partial charge in [0, 0.05) is 0 Å². The molecule has 0 spiro atoms. The van der Waals surface area contributed by atoms with Crippen LogP contribution in [0.5, 0.6) is 11.5 Å². The molecule has 0 radical (unpaired) electrons. The maximum atomic E-state index is 13.5. The van der Waals surface area contributed by atoms with Crippen LogP contribution >= 0.6 is 15.9 Å². The predicted molar refractivity (Wildman–Crippen MR) is 76.9 cm³/mol. The van der Waals surface area contributed by atoms with Crippen molar-refractivity contribution in [2.75, 3.05) is 13.7 Å². The second-order valence-corrected chi connectivity index (χ2v) is 4.93. The summed E-state index contributed by atoms with van der Waals surface area (Å²) in [6, 6.07) is 8.32. The molecule has 0 aliphatic heterocycles. The smallest absolute Gasteiger partial charge is 0.206 e. The number of carbonyl (C=O) groups is 1. The van der Waals surface area contributed by atoms with Gasteiger partial charge in [-0.1, -0.05) is 12.1 Å². The highest BCUT2D eigenvalue weighted by molar-refractivity contribution is 9.10. The van der Waals surface area contributed by atoms with Crippen LogP contribution in [0.3, 0.4) is 0 Å². The Labute approximate surface area is 128 Å². The highest BCUT2D eigenvalue weighted by atomic mass is 79.9. The number of carbonyl (C=O) groups excluding carboxylic acids is 1. The minimum absolute atomic E-state index is 0.296. The molecular weight excluding hydrogens is 346 g/mol. The van der Waals surface area contributed by atoms with E-state index in [2.05, 4.69) is 15.9 Å². The molecular formula is C15H11BrF2O3. The molecule has 2 aromatic rings. The van der Waals surface area contributed by atoms with E-state index in [1.165, 1.54) is 13.2 Å². The van der Waals surface area contributed by atoms with Gasteiger partial charge in [-0.25, -0.2) is 8.78 Å². The summed E-state index contributed by atoms with van der Waals surface area (Å²) in [7, 11) is 1.45. The standard InChI is InChI=1S/C15H11BrF2O3/c1-20-13-7-2-4-9(16)15(13)21-8-12(19)14-10(17)5-3-6-11(14)18/h2-7H,8H2,1H3. The molecule has 0 amide bonds. The molecule has 0 unspecified atom stereocenters. The van der Waals surface area contributed by atoms with Crippen molar-refractivity contribution >= 4 is 21.7 Å². The lowest BCUT2D eigenvalue weighted by Crippen LogP contribution is -2.15. The lowest BCUT2D eigenvalue weighted by atomic mass is 10.1. The van der Waals surface area contributed by atoms with Crippen LogP contribution in [0.1, 0.15) is 10.4 Å². The summed E-state index contributed by atoms with van der Waals surface area (Å²) in [4.78, 5) is 11.9. The maximum absolute atomic E-state index is 13.5. The molecule has 3 nitrogen and oxygen atoms in total. The molecule has 2 aromatic carbocycles. The molecule has 0 aromatic heterocycles. The summed E-state index contributed by atoms with van der Waals surface area (Å²) >= 11 is 3.26. The van der Waals surface area contributed by atoms with Crippen LogP contribution in [0.4, 0.5) is 8.78 Å². The van der Waals surface area contributed by atoms with Crippen molar-refractivity contribution in [2.45, 2.75) is 0 Å². The zero-order chi connectivity index (χ0) is 15.4. The Morgan fingerprint density at radius 1 is 1.14 bits per heavy atom. The first-order valence-corrected chi connectivity index (χ1v) is 6.76. The van der Waals surface area contributed by atoms with Crippen molar-refractivity contribution in [2.24, 2.45) is 0 Å². The van der Waals surface area contributed by atoms with Gasteiger partial charge in [0.1, 0.15) is 11.6 Å². The number of methoxy groups -OCH3 is 1. The maximum Gasteiger partial charge on any atom is 0.206 e. The first kappa shape index (κ1) is 15.4. The Hall–Kier alpha value is -1.95. The average Bonchev–Trinajstić information content (AvgIpc) is 2.45. The SMILES string of the molecule is COc1cccc(Br)c1OCC(=O)c1c(F)cccc1F. The van der Waals surface area contributed by atoms with E-state index < -0.39 is 29.6 Å². The predicted octanol–water partition coefficient (Wildman–Crippen LogP) is 4.00. The Kier molecular flexibility index (Phi) is 4.90. The van der Waals surface area contributed by atoms with E-state index in [0.717, 1.165) is 12.1 Å². The second kappa shape index (κ2) is 6.67. The van der Waals surface area contributed by atoms with Crippen LogP contribution in [0.2, 0.25) is 0 Å². The molecule has 110 valence electrons. The minimum Gasteiger partial charge on any atom is -0.493 e.